The van der Waals surface area contributed by atoms with Crippen molar-refractivity contribution in [3.8, 4) is 5.75 Å². The largest absolute Gasteiger partial charge is 0.508 e. The molecule has 0 saturated carbocycles. The van der Waals surface area contributed by atoms with E-state index in [1.54, 1.807) is 16.7 Å². The number of phenols is 1. The molecular weight excluding hydrogens is 521 g/mol. The maximum absolute atomic E-state index is 14.2. The number of nitrogens with zero attached hydrogens (tertiary/aromatic N) is 7. The Kier molecular flexibility index (Phi) is 8.35. The highest BCUT2D eigenvalue weighted by Gasteiger charge is 2.34. The van der Waals surface area contributed by atoms with E-state index < -0.39 is 0 Å². The number of hydrogen-bond acceptors (Lipinski definition) is 8. The number of anilines is 1. The lowest BCUT2D eigenvalue weighted by Gasteiger charge is -2.47. The SMILES string of the molecule is CCc1nc2nc(N3CCN(C4CCN(Cc5ccc(O)cc5F)CC4)C(CC)C3)c(Cl)nc2c(=O)n1CC. The second kappa shape index (κ2) is 11.7. The van der Waals surface area contributed by atoms with Crippen LogP contribution in [-0.2, 0) is 19.5 Å². The van der Waals surface area contributed by atoms with E-state index in [1.807, 2.05) is 13.8 Å². The first-order valence-corrected chi connectivity index (χ1v) is 14.4. The van der Waals surface area contributed by atoms with Crippen molar-refractivity contribution in [1.29, 1.82) is 0 Å². The van der Waals surface area contributed by atoms with Gasteiger partial charge in [0.25, 0.3) is 5.56 Å². The molecule has 2 aromatic heterocycles. The van der Waals surface area contributed by atoms with Crippen molar-refractivity contribution < 1.29 is 9.50 Å². The average molecular weight is 558 g/mol. The van der Waals surface area contributed by atoms with Crippen LogP contribution < -0.4 is 10.5 Å². The fourth-order valence-electron chi connectivity index (χ4n) is 6.06. The number of phenolic OH excluding ortho intramolecular Hbond substituents is 1. The molecule has 2 fully saturated rings. The van der Waals surface area contributed by atoms with Gasteiger partial charge in [-0.05, 0) is 45.3 Å². The topological polar surface area (TPSA) is 90.6 Å². The van der Waals surface area contributed by atoms with Crippen LogP contribution >= 0.6 is 11.6 Å². The van der Waals surface area contributed by atoms with Gasteiger partial charge in [-0.25, -0.2) is 19.3 Å². The molecule has 0 spiro atoms. The van der Waals surface area contributed by atoms with E-state index in [0.717, 1.165) is 52.0 Å². The minimum Gasteiger partial charge on any atom is -0.508 e. The highest BCUT2D eigenvalue weighted by molar-refractivity contribution is 6.32. The molecule has 1 atom stereocenters. The predicted octanol–water partition coefficient (Wildman–Crippen LogP) is 3.83. The normalized spacial score (nSPS) is 19.7. The second-order valence-corrected chi connectivity index (χ2v) is 10.8. The number of aromatic hydroxyl groups is 1. The standard InChI is InChI=1S/C28H37ClFN7O2/c1-4-19-17-35(27-25(29)32-24-26(33-27)31-23(5-2)36(6-3)28(24)39)13-14-37(19)20-9-11-34(12-10-20)16-18-7-8-21(38)15-22(18)30/h7-8,15,19-20,38H,4-6,9-14,16-17H2,1-3H3. The molecule has 0 aliphatic carbocycles. The average Bonchev–Trinajstić information content (AvgIpc) is 2.94. The molecule has 39 heavy (non-hydrogen) atoms. The molecule has 9 nitrogen and oxygen atoms in total. The summed E-state index contributed by atoms with van der Waals surface area (Å²) in [5.41, 5.74) is 0.992. The molecule has 11 heteroatoms. The number of piperidine rings is 1. The maximum Gasteiger partial charge on any atom is 0.281 e. The Labute approximate surface area is 233 Å². The molecule has 0 amide bonds. The van der Waals surface area contributed by atoms with Crippen molar-refractivity contribution in [2.24, 2.45) is 0 Å². The second-order valence-electron chi connectivity index (χ2n) is 10.5. The van der Waals surface area contributed by atoms with Gasteiger partial charge in [0.05, 0.1) is 0 Å². The van der Waals surface area contributed by atoms with Crippen molar-refractivity contribution in [3.05, 3.63) is 50.9 Å². The van der Waals surface area contributed by atoms with Gasteiger partial charge >= 0.3 is 0 Å². The Balaban J connectivity index is 1.27. The fourth-order valence-corrected chi connectivity index (χ4v) is 6.31. The monoisotopic (exact) mass is 557 g/mol. The fraction of sp³-hybridized carbons (Fsp3) is 0.571. The Bertz CT molecular complexity index is 1390. The summed E-state index contributed by atoms with van der Waals surface area (Å²) in [6, 6.07) is 5.20. The van der Waals surface area contributed by atoms with Crippen LogP contribution in [0.1, 0.15) is 51.4 Å². The van der Waals surface area contributed by atoms with Crippen LogP contribution in [-0.4, -0.2) is 79.2 Å². The number of piperazine rings is 1. The lowest BCUT2D eigenvalue weighted by Crippen LogP contribution is -2.58. The van der Waals surface area contributed by atoms with E-state index in [9.17, 15) is 14.3 Å². The number of hydrogen-bond donors (Lipinski definition) is 1. The highest BCUT2D eigenvalue weighted by Crippen LogP contribution is 2.29. The molecule has 1 aromatic carbocycles. The molecule has 2 saturated heterocycles. The van der Waals surface area contributed by atoms with Crippen molar-refractivity contribution >= 4 is 28.6 Å². The molecule has 4 heterocycles. The number of aromatic nitrogens is 4. The summed E-state index contributed by atoms with van der Waals surface area (Å²) in [6.45, 7) is 11.4. The molecule has 0 radical (unpaired) electrons. The summed E-state index contributed by atoms with van der Waals surface area (Å²) in [7, 11) is 0. The van der Waals surface area contributed by atoms with Crippen LogP contribution in [0.4, 0.5) is 10.2 Å². The summed E-state index contributed by atoms with van der Waals surface area (Å²) >= 11 is 6.61. The summed E-state index contributed by atoms with van der Waals surface area (Å²) < 4.78 is 15.8. The van der Waals surface area contributed by atoms with Crippen LogP contribution in [0.5, 0.6) is 5.75 Å². The summed E-state index contributed by atoms with van der Waals surface area (Å²) in [5, 5.41) is 9.72. The Morgan fingerprint density at radius 1 is 1.08 bits per heavy atom. The van der Waals surface area contributed by atoms with Crippen molar-refractivity contribution in [3.63, 3.8) is 0 Å². The predicted molar refractivity (Wildman–Crippen MR) is 151 cm³/mol. The molecule has 2 aliphatic heterocycles. The summed E-state index contributed by atoms with van der Waals surface area (Å²) in [5.74, 6) is 0.897. The van der Waals surface area contributed by atoms with E-state index in [4.69, 9.17) is 16.6 Å². The zero-order chi connectivity index (χ0) is 27.7. The lowest BCUT2D eigenvalue weighted by molar-refractivity contribution is 0.0607. The van der Waals surface area contributed by atoms with Crippen LogP contribution in [0.15, 0.2) is 23.0 Å². The highest BCUT2D eigenvalue weighted by atomic mass is 35.5. The number of fused-ring (bicyclic) bond motifs is 1. The smallest absolute Gasteiger partial charge is 0.281 e. The molecule has 1 N–H and O–H groups in total. The van der Waals surface area contributed by atoms with Gasteiger partial charge in [0.2, 0.25) is 0 Å². The third kappa shape index (κ3) is 5.60. The Hall–Kier alpha value is -2.82. The zero-order valence-electron chi connectivity index (χ0n) is 22.9. The van der Waals surface area contributed by atoms with Crippen LogP contribution in [0.25, 0.3) is 11.2 Å². The first-order valence-electron chi connectivity index (χ1n) is 14.0. The maximum atomic E-state index is 14.2. The molecule has 3 aromatic rings. The van der Waals surface area contributed by atoms with Gasteiger partial charge < -0.3 is 10.0 Å². The first kappa shape index (κ1) is 27.7. The third-order valence-electron chi connectivity index (χ3n) is 8.20. The van der Waals surface area contributed by atoms with Crippen LogP contribution in [0.2, 0.25) is 5.15 Å². The van der Waals surface area contributed by atoms with E-state index >= 15 is 0 Å². The number of benzene rings is 1. The quantitative estimate of drug-likeness (QED) is 0.469. The van der Waals surface area contributed by atoms with Gasteiger partial charge in [0, 0.05) is 62.9 Å². The van der Waals surface area contributed by atoms with E-state index in [-0.39, 0.29) is 27.8 Å². The molecule has 2 aliphatic rings. The van der Waals surface area contributed by atoms with E-state index in [1.165, 1.54) is 6.07 Å². The van der Waals surface area contributed by atoms with Gasteiger partial charge in [0.15, 0.2) is 22.1 Å². The first-order chi connectivity index (χ1) is 18.8. The molecule has 210 valence electrons. The van der Waals surface area contributed by atoms with Gasteiger partial charge in [0.1, 0.15) is 17.4 Å². The van der Waals surface area contributed by atoms with Gasteiger partial charge in [-0.3, -0.25) is 19.2 Å². The molecule has 5 rings (SSSR count). The molecule has 0 bridgehead atoms. The summed E-state index contributed by atoms with van der Waals surface area (Å²) in [4.78, 5) is 33.9. The van der Waals surface area contributed by atoms with Gasteiger partial charge in [-0.1, -0.05) is 31.5 Å². The minimum absolute atomic E-state index is 0.0440. The third-order valence-corrected chi connectivity index (χ3v) is 8.45. The van der Waals surface area contributed by atoms with Gasteiger partial charge in [-0.15, -0.1) is 0 Å². The van der Waals surface area contributed by atoms with E-state index in [0.29, 0.717) is 54.4 Å². The van der Waals surface area contributed by atoms with E-state index in [2.05, 4.69) is 31.6 Å². The van der Waals surface area contributed by atoms with Crippen molar-refractivity contribution in [1.82, 2.24) is 29.3 Å². The number of aryl methyl sites for hydroxylation is 1. The van der Waals surface area contributed by atoms with Crippen molar-refractivity contribution in [2.75, 3.05) is 37.6 Å². The molecular formula is C28H37ClFN7O2. The minimum atomic E-state index is -0.355. The Morgan fingerprint density at radius 2 is 1.85 bits per heavy atom. The van der Waals surface area contributed by atoms with Gasteiger partial charge in [-0.2, -0.15) is 0 Å². The molecule has 1 unspecified atom stereocenters. The number of likely N-dealkylation sites (tertiary alicyclic amines) is 1. The van der Waals surface area contributed by atoms with Crippen LogP contribution in [0.3, 0.4) is 0 Å². The summed E-state index contributed by atoms with van der Waals surface area (Å²) in [6.07, 6.45) is 3.69. The number of halogens is 2. The lowest BCUT2D eigenvalue weighted by atomic mass is 9.98. The zero-order valence-corrected chi connectivity index (χ0v) is 23.7. The van der Waals surface area contributed by atoms with Crippen molar-refractivity contribution in [2.45, 2.75) is 71.6 Å². The number of rotatable bonds is 7. The Morgan fingerprint density at radius 3 is 2.51 bits per heavy atom. The van der Waals surface area contributed by atoms with Crippen LogP contribution in [0, 0.1) is 5.82 Å².